The summed E-state index contributed by atoms with van der Waals surface area (Å²) in [6, 6.07) is 12.2. The van der Waals surface area contributed by atoms with Gasteiger partial charge in [0.05, 0.1) is 6.54 Å². The minimum atomic E-state index is -1.27. The van der Waals surface area contributed by atoms with Crippen LogP contribution in [0, 0.1) is 0 Å². The number of carbonyl (C=O) groups excluding carboxylic acids is 2. The lowest BCUT2D eigenvalue weighted by atomic mass is 9.86. The summed E-state index contributed by atoms with van der Waals surface area (Å²) in [5.41, 5.74) is 0.195. The third-order valence-electron chi connectivity index (χ3n) is 5.74. The van der Waals surface area contributed by atoms with Crippen molar-refractivity contribution in [3.05, 3.63) is 53.6 Å². The van der Waals surface area contributed by atoms with Crippen molar-refractivity contribution in [1.29, 1.82) is 0 Å². The van der Waals surface area contributed by atoms with Gasteiger partial charge in [-0.25, -0.2) is 4.79 Å². The zero-order valence-corrected chi connectivity index (χ0v) is 18.7. The Hall–Kier alpha value is -3.26. The highest BCUT2D eigenvalue weighted by atomic mass is 16.7. The van der Waals surface area contributed by atoms with Gasteiger partial charge in [0.15, 0.2) is 11.5 Å². The Balaban J connectivity index is 1.44. The fourth-order valence-corrected chi connectivity index (χ4v) is 3.93. The first-order valence-corrected chi connectivity index (χ1v) is 10.5. The highest BCUT2D eigenvalue weighted by Gasteiger charge is 2.49. The normalized spacial score (nSPS) is 21.0. The number of β-amino-alcohol motifs (C(OH)–C–C–N with tert-alkyl or cyclic N) is 1. The van der Waals surface area contributed by atoms with E-state index in [1.165, 1.54) is 0 Å². The summed E-state index contributed by atoms with van der Waals surface area (Å²) in [6.07, 6.45) is -1.04. The number of carbonyl (C=O) groups is 2. The lowest BCUT2D eigenvalue weighted by Crippen LogP contribution is -2.42. The Morgan fingerprint density at radius 3 is 2.62 bits per heavy atom. The number of nitrogens with one attached hydrogen (secondary N) is 1. The molecule has 4 rings (SSSR count). The average Bonchev–Trinajstić information content (AvgIpc) is 3.30. The maximum absolute atomic E-state index is 13.2. The number of para-hydroxylation sites is 1. The highest BCUT2D eigenvalue weighted by molar-refractivity contribution is 6.07. The average molecular weight is 440 g/mol. The van der Waals surface area contributed by atoms with E-state index in [0.717, 1.165) is 10.5 Å². The van der Waals surface area contributed by atoms with E-state index < -0.39 is 23.6 Å². The Kier molecular flexibility index (Phi) is 5.50. The summed E-state index contributed by atoms with van der Waals surface area (Å²) < 4.78 is 16.5. The second-order valence-electron chi connectivity index (χ2n) is 9.25. The van der Waals surface area contributed by atoms with Crippen molar-refractivity contribution in [2.75, 3.05) is 19.9 Å². The van der Waals surface area contributed by atoms with E-state index in [0.29, 0.717) is 22.8 Å². The van der Waals surface area contributed by atoms with Gasteiger partial charge < -0.3 is 24.6 Å². The fourth-order valence-electron chi connectivity index (χ4n) is 3.93. The summed E-state index contributed by atoms with van der Waals surface area (Å²) in [7, 11) is 0. The Morgan fingerprint density at radius 1 is 1.16 bits per heavy atom. The number of aliphatic hydroxyl groups excluding tert-OH is 1. The Labute approximate surface area is 187 Å². The van der Waals surface area contributed by atoms with Gasteiger partial charge >= 0.3 is 6.03 Å². The Bertz CT molecular complexity index is 1050. The molecule has 0 saturated carbocycles. The van der Waals surface area contributed by atoms with Crippen molar-refractivity contribution in [2.45, 2.75) is 44.8 Å². The zero-order valence-electron chi connectivity index (χ0n) is 18.7. The van der Waals surface area contributed by atoms with Gasteiger partial charge in [-0.05, 0) is 41.7 Å². The van der Waals surface area contributed by atoms with Gasteiger partial charge in [0.25, 0.3) is 5.91 Å². The monoisotopic (exact) mass is 440 g/mol. The summed E-state index contributed by atoms with van der Waals surface area (Å²) in [5.74, 6) is 1.33. The number of amides is 3. The van der Waals surface area contributed by atoms with Crippen LogP contribution in [0.5, 0.6) is 17.2 Å². The van der Waals surface area contributed by atoms with Crippen LogP contribution in [0.25, 0.3) is 0 Å². The number of rotatable bonds is 6. The number of urea groups is 1. The summed E-state index contributed by atoms with van der Waals surface area (Å²) in [6.45, 7) is 7.76. The summed E-state index contributed by atoms with van der Waals surface area (Å²) in [4.78, 5) is 26.8. The molecule has 1 saturated heterocycles. The maximum Gasteiger partial charge on any atom is 0.325 e. The van der Waals surface area contributed by atoms with E-state index in [9.17, 15) is 14.7 Å². The van der Waals surface area contributed by atoms with Crippen LogP contribution in [0.2, 0.25) is 0 Å². The topological polar surface area (TPSA) is 97.3 Å². The van der Waals surface area contributed by atoms with Crippen LogP contribution in [0.3, 0.4) is 0 Å². The predicted molar refractivity (Wildman–Crippen MR) is 117 cm³/mol. The molecule has 3 amide bonds. The molecular formula is C24H28N2O6. The number of fused-ring (bicyclic) bond motifs is 1. The number of benzene rings is 2. The maximum atomic E-state index is 13.2. The van der Waals surface area contributed by atoms with Crippen molar-refractivity contribution in [1.82, 2.24) is 10.2 Å². The number of hydrogen-bond donors (Lipinski definition) is 2. The van der Waals surface area contributed by atoms with E-state index in [1.54, 1.807) is 25.1 Å². The number of imide groups is 1. The van der Waals surface area contributed by atoms with Gasteiger partial charge in [0.2, 0.25) is 6.79 Å². The molecule has 2 aromatic carbocycles. The van der Waals surface area contributed by atoms with Crippen LogP contribution in [0.4, 0.5) is 4.79 Å². The van der Waals surface area contributed by atoms with Gasteiger partial charge in [-0.1, -0.05) is 45.0 Å². The summed E-state index contributed by atoms with van der Waals surface area (Å²) >= 11 is 0. The van der Waals surface area contributed by atoms with Crippen LogP contribution < -0.4 is 19.5 Å². The molecule has 0 unspecified atom stereocenters. The molecular weight excluding hydrogens is 412 g/mol. The Morgan fingerprint density at radius 2 is 1.88 bits per heavy atom. The van der Waals surface area contributed by atoms with Crippen LogP contribution in [-0.4, -0.2) is 48.0 Å². The van der Waals surface area contributed by atoms with Crippen molar-refractivity contribution in [3.8, 4) is 17.2 Å². The molecule has 0 spiro atoms. The standard InChI is InChI=1S/C24H28N2O6/c1-23(2,3)17-7-5-6-8-18(17)30-13-16(27)12-26-21(28)24(4,25-22(26)29)15-9-10-19-20(11-15)32-14-31-19/h5-11,16,27H,12-14H2,1-4H3,(H,25,29)/t16-,24-/m1/s1. The minimum absolute atomic E-state index is 0.0507. The van der Waals surface area contributed by atoms with Crippen molar-refractivity contribution < 1.29 is 28.9 Å². The predicted octanol–water partition coefficient (Wildman–Crippen LogP) is 2.92. The second kappa shape index (κ2) is 8.02. The molecule has 0 aromatic heterocycles. The van der Waals surface area contributed by atoms with Gasteiger partial charge in [0, 0.05) is 0 Å². The molecule has 2 heterocycles. The zero-order chi connectivity index (χ0) is 23.1. The number of ether oxygens (including phenoxy) is 3. The second-order valence-corrected chi connectivity index (χ2v) is 9.25. The highest BCUT2D eigenvalue weighted by Crippen LogP contribution is 2.38. The third kappa shape index (κ3) is 3.98. The molecule has 2 aromatic rings. The van der Waals surface area contributed by atoms with E-state index in [2.05, 4.69) is 26.1 Å². The van der Waals surface area contributed by atoms with Gasteiger partial charge in [-0.2, -0.15) is 0 Å². The molecule has 32 heavy (non-hydrogen) atoms. The van der Waals surface area contributed by atoms with E-state index in [1.807, 2.05) is 24.3 Å². The van der Waals surface area contributed by atoms with Gasteiger partial charge in [-0.3, -0.25) is 9.69 Å². The van der Waals surface area contributed by atoms with E-state index in [4.69, 9.17) is 14.2 Å². The van der Waals surface area contributed by atoms with Crippen LogP contribution in [0.1, 0.15) is 38.8 Å². The SMILES string of the molecule is CC(C)(C)c1ccccc1OC[C@H](O)CN1C(=O)N[C@](C)(c2ccc3c(c2)OCO3)C1=O. The lowest BCUT2D eigenvalue weighted by Gasteiger charge is -2.25. The molecule has 170 valence electrons. The number of aliphatic hydroxyl groups is 1. The molecule has 8 nitrogen and oxygen atoms in total. The van der Waals surface area contributed by atoms with Crippen LogP contribution >= 0.6 is 0 Å². The molecule has 0 aliphatic carbocycles. The first-order valence-electron chi connectivity index (χ1n) is 10.5. The largest absolute Gasteiger partial charge is 0.491 e. The first kappa shape index (κ1) is 22.0. The molecule has 2 atom stereocenters. The van der Waals surface area contributed by atoms with Crippen molar-refractivity contribution in [2.24, 2.45) is 0 Å². The molecule has 2 aliphatic heterocycles. The number of hydrogen-bond acceptors (Lipinski definition) is 6. The van der Waals surface area contributed by atoms with E-state index in [-0.39, 0.29) is 25.4 Å². The van der Waals surface area contributed by atoms with Gasteiger partial charge in [0.1, 0.15) is 24.0 Å². The van der Waals surface area contributed by atoms with Crippen LogP contribution in [0.15, 0.2) is 42.5 Å². The lowest BCUT2D eigenvalue weighted by molar-refractivity contribution is -0.132. The fraction of sp³-hybridized carbons (Fsp3) is 0.417. The van der Waals surface area contributed by atoms with Gasteiger partial charge in [-0.15, -0.1) is 0 Å². The molecule has 8 heteroatoms. The third-order valence-corrected chi connectivity index (χ3v) is 5.74. The molecule has 2 N–H and O–H groups in total. The van der Waals surface area contributed by atoms with Crippen molar-refractivity contribution in [3.63, 3.8) is 0 Å². The first-order chi connectivity index (χ1) is 15.1. The van der Waals surface area contributed by atoms with Crippen molar-refractivity contribution >= 4 is 11.9 Å². The molecule has 0 bridgehead atoms. The van der Waals surface area contributed by atoms with Crippen LogP contribution in [-0.2, 0) is 15.7 Å². The van der Waals surface area contributed by atoms with E-state index >= 15 is 0 Å². The molecule has 0 radical (unpaired) electrons. The smallest absolute Gasteiger partial charge is 0.325 e. The quantitative estimate of drug-likeness (QED) is 0.671. The molecule has 1 fully saturated rings. The molecule has 2 aliphatic rings. The number of nitrogens with zero attached hydrogens (tertiary/aromatic N) is 1. The minimum Gasteiger partial charge on any atom is -0.491 e. The summed E-state index contributed by atoms with van der Waals surface area (Å²) in [5, 5.41) is 13.3.